The molecule has 0 spiro atoms. The maximum absolute atomic E-state index is 5.03. The van der Waals surface area contributed by atoms with E-state index in [-0.39, 0.29) is 0 Å². The van der Waals surface area contributed by atoms with E-state index in [1.54, 1.807) is 12.5 Å². The lowest BCUT2D eigenvalue weighted by molar-refractivity contribution is 0.555. The fourth-order valence-electron chi connectivity index (χ4n) is 2.34. The van der Waals surface area contributed by atoms with E-state index in [1.807, 2.05) is 6.07 Å². The molecule has 0 aliphatic heterocycles. The Balaban J connectivity index is 1.47. The van der Waals surface area contributed by atoms with Gasteiger partial charge in [-0.3, -0.25) is 0 Å². The van der Waals surface area contributed by atoms with Crippen LogP contribution in [0.5, 0.6) is 0 Å². The fourth-order valence-corrected chi connectivity index (χ4v) is 2.34. The third-order valence-electron chi connectivity index (χ3n) is 3.34. The van der Waals surface area contributed by atoms with Crippen LogP contribution < -0.4 is 5.32 Å². The molecular formula is C16H18N2O. The zero-order chi connectivity index (χ0) is 12.9. The number of para-hydroxylation sites is 1. The summed E-state index contributed by atoms with van der Waals surface area (Å²) < 4.78 is 7.35. The van der Waals surface area contributed by atoms with E-state index in [1.165, 1.54) is 16.5 Å². The van der Waals surface area contributed by atoms with E-state index < -0.39 is 0 Å². The number of aryl methyl sites for hydroxylation is 1. The van der Waals surface area contributed by atoms with Crippen molar-refractivity contribution in [3.05, 3.63) is 60.7 Å². The van der Waals surface area contributed by atoms with E-state index in [9.17, 15) is 0 Å². The number of furan rings is 1. The first-order valence-electron chi connectivity index (χ1n) is 6.69. The number of nitrogens with zero attached hydrogens (tertiary/aromatic N) is 1. The molecule has 0 unspecified atom stereocenters. The van der Waals surface area contributed by atoms with Gasteiger partial charge in [0, 0.05) is 30.4 Å². The van der Waals surface area contributed by atoms with Gasteiger partial charge in [0.1, 0.15) is 0 Å². The Hall–Kier alpha value is -2.00. The number of rotatable bonds is 6. The van der Waals surface area contributed by atoms with Gasteiger partial charge in [-0.1, -0.05) is 18.2 Å². The molecule has 0 saturated carbocycles. The molecular weight excluding hydrogens is 236 g/mol. The normalized spacial score (nSPS) is 11.2. The second-order valence-electron chi connectivity index (χ2n) is 4.73. The zero-order valence-electron chi connectivity index (χ0n) is 10.9. The number of hydrogen-bond donors (Lipinski definition) is 1. The van der Waals surface area contributed by atoms with E-state index in [0.29, 0.717) is 0 Å². The van der Waals surface area contributed by atoms with E-state index >= 15 is 0 Å². The molecule has 0 amide bonds. The van der Waals surface area contributed by atoms with Crippen LogP contribution in [0.15, 0.2) is 59.5 Å². The maximum Gasteiger partial charge on any atom is 0.0947 e. The molecule has 19 heavy (non-hydrogen) atoms. The lowest BCUT2D eigenvalue weighted by atomic mass is 10.2. The molecule has 2 heterocycles. The van der Waals surface area contributed by atoms with Gasteiger partial charge in [0.25, 0.3) is 0 Å². The lowest BCUT2D eigenvalue weighted by Crippen LogP contribution is -2.15. The lowest BCUT2D eigenvalue weighted by Gasteiger charge is -2.06. The number of fused-ring (bicyclic) bond motifs is 1. The summed E-state index contributed by atoms with van der Waals surface area (Å²) in [6.45, 7) is 2.94. The molecule has 1 aromatic carbocycles. The average Bonchev–Trinajstić information content (AvgIpc) is 3.08. The van der Waals surface area contributed by atoms with Gasteiger partial charge in [-0.05, 0) is 36.6 Å². The molecule has 3 heteroatoms. The predicted molar refractivity (Wildman–Crippen MR) is 77.0 cm³/mol. The van der Waals surface area contributed by atoms with Gasteiger partial charge in [-0.25, -0.2) is 0 Å². The molecule has 0 saturated heterocycles. The summed E-state index contributed by atoms with van der Waals surface area (Å²) in [5.74, 6) is 0. The summed E-state index contributed by atoms with van der Waals surface area (Å²) in [4.78, 5) is 0. The third-order valence-corrected chi connectivity index (χ3v) is 3.34. The summed E-state index contributed by atoms with van der Waals surface area (Å²) in [6, 6.07) is 12.7. The third kappa shape index (κ3) is 2.88. The predicted octanol–water partition coefficient (Wildman–Crippen LogP) is 3.41. The minimum Gasteiger partial charge on any atom is -0.472 e. The summed E-state index contributed by atoms with van der Waals surface area (Å²) in [5.41, 5.74) is 2.52. The topological polar surface area (TPSA) is 30.1 Å². The van der Waals surface area contributed by atoms with Gasteiger partial charge in [0.05, 0.1) is 12.5 Å². The first-order chi connectivity index (χ1) is 9.43. The summed E-state index contributed by atoms with van der Waals surface area (Å²) in [5, 5.41) is 4.74. The minimum atomic E-state index is 0.878. The Labute approximate surface area is 112 Å². The first kappa shape index (κ1) is 12.1. The van der Waals surface area contributed by atoms with E-state index in [4.69, 9.17) is 4.42 Å². The van der Waals surface area contributed by atoms with Gasteiger partial charge < -0.3 is 14.3 Å². The Morgan fingerprint density at radius 2 is 2.05 bits per heavy atom. The molecule has 0 aliphatic carbocycles. The molecule has 3 rings (SSSR count). The monoisotopic (exact) mass is 254 g/mol. The highest BCUT2D eigenvalue weighted by molar-refractivity contribution is 5.79. The molecule has 0 bridgehead atoms. The highest BCUT2D eigenvalue weighted by atomic mass is 16.3. The highest BCUT2D eigenvalue weighted by Gasteiger charge is 1.99. The Kier molecular flexibility index (Phi) is 3.65. The highest BCUT2D eigenvalue weighted by Crippen LogP contribution is 2.15. The van der Waals surface area contributed by atoms with Crippen molar-refractivity contribution in [2.75, 3.05) is 6.54 Å². The van der Waals surface area contributed by atoms with Gasteiger partial charge in [-0.2, -0.15) is 0 Å². The van der Waals surface area contributed by atoms with Crippen LogP contribution in [-0.2, 0) is 13.1 Å². The molecule has 0 atom stereocenters. The van der Waals surface area contributed by atoms with Crippen LogP contribution in [0.25, 0.3) is 10.9 Å². The van der Waals surface area contributed by atoms with Crippen molar-refractivity contribution < 1.29 is 4.42 Å². The second kappa shape index (κ2) is 5.76. The Morgan fingerprint density at radius 1 is 1.11 bits per heavy atom. The maximum atomic E-state index is 5.03. The average molecular weight is 254 g/mol. The van der Waals surface area contributed by atoms with Crippen molar-refractivity contribution in [2.24, 2.45) is 0 Å². The smallest absolute Gasteiger partial charge is 0.0947 e. The molecule has 2 aromatic heterocycles. The van der Waals surface area contributed by atoms with Crippen LogP contribution in [0.1, 0.15) is 12.0 Å². The zero-order valence-corrected chi connectivity index (χ0v) is 10.9. The largest absolute Gasteiger partial charge is 0.472 e. The van der Waals surface area contributed by atoms with Crippen molar-refractivity contribution in [1.29, 1.82) is 0 Å². The van der Waals surface area contributed by atoms with Gasteiger partial charge >= 0.3 is 0 Å². The summed E-state index contributed by atoms with van der Waals surface area (Å²) in [7, 11) is 0. The second-order valence-corrected chi connectivity index (χ2v) is 4.73. The van der Waals surface area contributed by atoms with Gasteiger partial charge in [0.15, 0.2) is 0 Å². The minimum absolute atomic E-state index is 0.878. The van der Waals surface area contributed by atoms with Crippen LogP contribution >= 0.6 is 0 Å². The Morgan fingerprint density at radius 3 is 2.95 bits per heavy atom. The molecule has 0 aliphatic rings. The molecule has 3 aromatic rings. The number of benzene rings is 1. The molecule has 3 nitrogen and oxygen atoms in total. The van der Waals surface area contributed by atoms with Crippen molar-refractivity contribution in [3.8, 4) is 0 Å². The van der Waals surface area contributed by atoms with Gasteiger partial charge in [-0.15, -0.1) is 0 Å². The van der Waals surface area contributed by atoms with Crippen LogP contribution in [-0.4, -0.2) is 11.1 Å². The van der Waals surface area contributed by atoms with Crippen LogP contribution in [0.3, 0.4) is 0 Å². The van der Waals surface area contributed by atoms with Crippen LogP contribution in [0.4, 0.5) is 0 Å². The molecule has 98 valence electrons. The number of hydrogen-bond acceptors (Lipinski definition) is 2. The summed E-state index contributed by atoms with van der Waals surface area (Å²) in [6.07, 6.45) is 6.78. The fraction of sp³-hybridized carbons (Fsp3) is 0.250. The van der Waals surface area contributed by atoms with E-state index in [2.05, 4.69) is 46.4 Å². The van der Waals surface area contributed by atoms with Crippen molar-refractivity contribution >= 4 is 10.9 Å². The summed E-state index contributed by atoms with van der Waals surface area (Å²) >= 11 is 0. The first-order valence-corrected chi connectivity index (χ1v) is 6.69. The number of nitrogens with one attached hydrogen (secondary N) is 1. The van der Waals surface area contributed by atoms with Crippen LogP contribution in [0.2, 0.25) is 0 Å². The number of aromatic nitrogens is 1. The molecule has 1 N–H and O–H groups in total. The van der Waals surface area contributed by atoms with Crippen molar-refractivity contribution in [1.82, 2.24) is 9.88 Å². The van der Waals surface area contributed by atoms with Crippen LogP contribution in [0, 0.1) is 0 Å². The SMILES string of the molecule is c1ccc2c(c1)ccn2CCCNCc1ccoc1. The van der Waals surface area contributed by atoms with Crippen molar-refractivity contribution in [3.63, 3.8) is 0 Å². The van der Waals surface area contributed by atoms with Gasteiger partial charge in [0.2, 0.25) is 0 Å². The van der Waals surface area contributed by atoms with Crippen molar-refractivity contribution in [2.45, 2.75) is 19.5 Å². The molecule has 0 fully saturated rings. The Bertz CT molecular complexity index is 625. The molecule has 0 radical (unpaired) electrons. The standard InChI is InChI=1S/C16H18N2O/c1-2-5-16-15(4-1)6-10-18(16)9-3-8-17-12-14-7-11-19-13-14/h1-2,4-7,10-11,13,17H,3,8-9,12H2. The van der Waals surface area contributed by atoms with E-state index in [0.717, 1.165) is 26.1 Å². The quantitative estimate of drug-likeness (QED) is 0.683.